The molecule has 60 valence electrons. The van der Waals surface area contributed by atoms with Crippen molar-refractivity contribution in [2.75, 3.05) is 5.73 Å². The molecule has 0 radical (unpaired) electrons. The van der Waals surface area contributed by atoms with E-state index in [-0.39, 0.29) is 10.7 Å². The topological polar surface area (TPSA) is 60.9 Å². The molecule has 1 rings (SSSR count). The zero-order valence-electron chi connectivity index (χ0n) is 5.01. The highest BCUT2D eigenvalue weighted by Crippen LogP contribution is 2.21. The minimum atomic E-state index is -0.479. The van der Waals surface area contributed by atoms with Gasteiger partial charge in [-0.25, -0.2) is 0 Å². The van der Waals surface area contributed by atoms with E-state index in [1.807, 2.05) is 0 Å². The van der Waals surface area contributed by atoms with E-state index in [9.17, 15) is 4.79 Å². The van der Waals surface area contributed by atoms with Crippen LogP contribution in [0.4, 0.5) is 5.69 Å². The van der Waals surface area contributed by atoms with Crippen LogP contribution in [-0.2, 0) is 0 Å². The second kappa shape index (κ2) is 3.12. The third-order valence-electron chi connectivity index (χ3n) is 0.990. The first kappa shape index (κ1) is 9.02. The fourth-order valence-corrected chi connectivity index (χ4v) is 1.75. The lowest BCUT2D eigenvalue weighted by Gasteiger charge is -1.99. The monoisotopic (exact) mass is 301 g/mol. The largest absolute Gasteiger partial charge is 0.395 e. The fraction of sp³-hybridized carbons (Fsp3) is 0. The van der Waals surface area contributed by atoms with Crippen molar-refractivity contribution in [1.82, 2.24) is 8.81 Å². The standard InChI is InChI=1S/C4H2Br2ClN3O/c5-3-2(8)1(7)4(11)10(6)9-3/h8H2. The number of rotatable bonds is 0. The van der Waals surface area contributed by atoms with Gasteiger partial charge in [0, 0.05) is 0 Å². The summed E-state index contributed by atoms with van der Waals surface area (Å²) in [6.07, 6.45) is 0. The van der Waals surface area contributed by atoms with Crippen molar-refractivity contribution < 1.29 is 0 Å². The van der Waals surface area contributed by atoms with Gasteiger partial charge in [-0.15, -0.1) is 5.10 Å². The van der Waals surface area contributed by atoms with Crippen LogP contribution in [-0.4, -0.2) is 8.81 Å². The second-order valence-corrected chi connectivity index (χ2v) is 3.48. The summed E-state index contributed by atoms with van der Waals surface area (Å²) in [5.41, 5.74) is 5.04. The smallest absolute Gasteiger partial charge is 0.298 e. The average Bonchev–Trinajstić information content (AvgIpc) is 1.97. The Morgan fingerprint density at radius 3 is 2.73 bits per heavy atom. The quantitative estimate of drug-likeness (QED) is 0.788. The van der Waals surface area contributed by atoms with Gasteiger partial charge in [-0.2, -0.15) is 3.71 Å². The van der Waals surface area contributed by atoms with E-state index >= 15 is 0 Å². The summed E-state index contributed by atoms with van der Waals surface area (Å²) < 4.78 is 1.26. The maximum absolute atomic E-state index is 11.0. The van der Waals surface area contributed by atoms with Crippen LogP contribution in [0.15, 0.2) is 9.40 Å². The molecule has 0 unspecified atom stereocenters. The Bertz CT molecular complexity index is 350. The van der Waals surface area contributed by atoms with Crippen molar-refractivity contribution in [2.24, 2.45) is 0 Å². The summed E-state index contributed by atoms with van der Waals surface area (Å²) >= 11 is 11.4. The SMILES string of the molecule is Nc1c(Br)nn(Br)c(=O)c1Cl. The molecule has 0 aliphatic heterocycles. The van der Waals surface area contributed by atoms with Gasteiger partial charge < -0.3 is 5.73 Å². The number of halogens is 3. The number of hydrogen-bond donors (Lipinski definition) is 1. The molecular formula is C4H2Br2ClN3O. The summed E-state index contributed by atoms with van der Waals surface area (Å²) in [4.78, 5) is 11.0. The molecule has 1 heterocycles. The van der Waals surface area contributed by atoms with Gasteiger partial charge in [0.05, 0.1) is 21.8 Å². The lowest BCUT2D eigenvalue weighted by molar-refractivity contribution is 0.921. The molecular weight excluding hydrogens is 301 g/mol. The average molecular weight is 303 g/mol. The van der Waals surface area contributed by atoms with E-state index in [4.69, 9.17) is 17.3 Å². The van der Waals surface area contributed by atoms with E-state index < -0.39 is 5.56 Å². The van der Waals surface area contributed by atoms with Gasteiger partial charge >= 0.3 is 0 Å². The van der Waals surface area contributed by atoms with Crippen LogP contribution in [0, 0.1) is 0 Å². The zero-order valence-corrected chi connectivity index (χ0v) is 8.94. The van der Waals surface area contributed by atoms with Crippen LogP contribution in [0.2, 0.25) is 5.02 Å². The number of nitrogen functional groups attached to an aromatic ring is 1. The lowest BCUT2D eigenvalue weighted by atomic mass is 10.5. The predicted molar refractivity (Wildman–Crippen MR) is 49.9 cm³/mol. The molecule has 0 aliphatic carbocycles. The van der Waals surface area contributed by atoms with Crippen LogP contribution < -0.4 is 11.3 Å². The molecule has 0 atom stereocenters. The van der Waals surface area contributed by atoms with Crippen molar-refractivity contribution in [3.05, 3.63) is 20.0 Å². The Morgan fingerprint density at radius 2 is 2.18 bits per heavy atom. The molecule has 7 heteroatoms. The Kier molecular flexibility index (Phi) is 2.56. The van der Waals surface area contributed by atoms with Crippen LogP contribution >= 0.6 is 43.7 Å². The van der Waals surface area contributed by atoms with Gasteiger partial charge in [-0.1, -0.05) is 11.6 Å². The summed E-state index contributed by atoms with van der Waals surface area (Å²) in [7, 11) is 0. The molecule has 0 aliphatic rings. The molecule has 0 saturated heterocycles. The van der Waals surface area contributed by atoms with E-state index in [0.29, 0.717) is 4.60 Å². The van der Waals surface area contributed by atoms with Gasteiger partial charge in [0.25, 0.3) is 5.56 Å². The maximum Gasteiger partial charge on any atom is 0.298 e. The number of anilines is 1. The van der Waals surface area contributed by atoms with Crippen molar-refractivity contribution in [2.45, 2.75) is 0 Å². The molecule has 0 bridgehead atoms. The van der Waals surface area contributed by atoms with Gasteiger partial charge in [-0.3, -0.25) is 4.79 Å². The highest BCUT2D eigenvalue weighted by atomic mass is 79.9. The van der Waals surface area contributed by atoms with Gasteiger partial charge in [0.1, 0.15) is 5.02 Å². The molecule has 0 saturated carbocycles. The molecule has 0 amide bonds. The van der Waals surface area contributed by atoms with E-state index in [0.717, 1.165) is 3.71 Å². The first-order valence-electron chi connectivity index (χ1n) is 2.44. The van der Waals surface area contributed by atoms with Crippen LogP contribution in [0.1, 0.15) is 0 Å². The van der Waals surface area contributed by atoms with Crippen molar-refractivity contribution in [3.8, 4) is 0 Å². The van der Waals surface area contributed by atoms with Crippen LogP contribution in [0.3, 0.4) is 0 Å². The molecule has 1 aromatic rings. The van der Waals surface area contributed by atoms with Gasteiger partial charge in [0.2, 0.25) is 0 Å². The number of hydrogen-bond acceptors (Lipinski definition) is 3. The highest BCUT2D eigenvalue weighted by Gasteiger charge is 2.09. The summed E-state index contributed by atoms with van der Waals surface area (Å²) in [5.74, 6) is 0. The Balaban J connectivity index is 3.59. The minimum absolute atomic E-state index is 0.0521. The van der Waals surface area contributed by atoms with Gasteiger partial charge in [0.15, 0.2) is 4.60 Å². The Labute approximate surface area is 83.8 Å². The molecule has 11 heavy (non-hydrogen) atoms. The normalized spacial score (nSPS) is 10.1. The highest BCUT2D eigenvalue weighted by molar-refractivity contribution is 9.10. The lowest BCUT2D eigenvalue weighted by Crippen LogP contribution is -2.17. The number of aromatic nitrogens is 2. The maximum atomic E-state index is 11.0. The summed E-state index contributed by atoms with van der Waals surface area (Å²) in [6, 6.07) is 0. The first-order chi connectivity index (χ1) is 5.04. The third-order valence-corrected chi connectivity index (χ3v) is 2.42. The van der Waals surface area contributed by atoms with E-state index in [1.54, 1.807) is 0 Å². The summed E-state index contributed by atoms with van der Waals surface area (Å²) in [5, 5.41) is 3.61. The van der Waals surface area contributed by atoms with Crippen molar-refractivity contribution in [3.63, 3.8) is 0 Å². The van der Waals surface area contributed by atoms with Crippen LogP contribution in [0.25, 0.3) is 0 Å². The first-order valence-corrected chi connectivity index (χ1v) is 4.32. The minimum Gasteiger partial charge on any atom is -0.395 e. The summed E-state index contributed by atoms with van der Waals surface area (Å²) in [6.45, 7) is 0. The Hall–Kier alpha value is -0.0700. The molecule has 4 nitrogen and oxygen atoms in total. The molecule has 0 aromatic carbocycles. The van der Waals surface area contributed by atoms with Crippen molar-refractivity contribution in [1.29, 1.82) is 0 Å². The molecule has 0 fully saturated rings. The predicted octanol–water partition coefficient (Wildman–Crippen LogP) is 1.40. The van der Waals surface area contributed by atoms with Crippen LogP contribution in [0.5, 0.6) is 0 Å². The zero-order chi connectivity index (χ0) is 8.59. The van der Waals surface area contributed by atoms with Crippen molar-refractivity contribution >= 4 is 49.4 Å². The second-order valence-electron chi connectivity index (χ2n) is 1.68. The van der Waals surface area contributed by atoms with Gasteiger partial charge in [-0.05, 0) is 15.9 Å². The molecule has 1 aromatic heterocycles. The van der Waals surface area contributed by atoms with E-state index in [2.05, 4.69) is 37.2 Å². The van der Waals surface area contributed by atoms with E-state index in [1.165, 1.54) is 0 Å². The Morgan fingerprint density at radius 1 is 1.64 bits per heavy atom. The fourth-order valence-electron chi connectivity index (χ4n) is 0.463. The number of nitrogens with two attached hydrogens (primary N) is 1. The molecule has 2 N–H and O–H groups in total. The molecule has 0 spiro atoms. The number of nitrogens with zero attached hydrogens (tertiary/aromatic N) is 2. The third kappa shape index (κ3) is 1.57.